The van der Waals surface area contributed by atoms with Gasteiger partial charge in [0.1, 0.15) is 11.4 Å². The Kier molecular flexibility index (Phi) is 5.74. The molecule has 0 N–H and O–H groups in total. The van der Waals surface area contributed by atoms with Gasteiger partial charge in [-0.1, -0.05) is 90.5 Å². The van der Waals surface area contributed by atoms with Crippen molar-refractivity contribution in [1.29, 1.82) is 0 Å². The van der Waals surface area contributed by atoms with Crippen LogP contribution in [0.1, 0.15) is 11.1 Å². The maximum absolute atomic E-state index is 13.4. The highest BCUT2D eigenvalue weighted by Crippen LogP contribution is 2.34. The number of nitrogens with zero attached hydrogens (tertiary/aromatic N) is 2. The van der Waals surface area contributed by atoms with Gasteiger partial charge in [0.25, 0.3) is 0 Å². The number of sulfone groups is 1. The van der Waals surface area contributed by atoms with Crippen molar-refractivity contribution in [2.24, 2.45) is 10.2 Å². The number of benzene rings is 3. The fourth-order valence-corrected chi connectivity index (χ4v) is 4.67. The summed E-state index contributed by atoms with van der Waals surface area (Å²) in [5.41, 5.74) is 2.16. The van der Waals surface area contributed by atoms with Gasteiger partial charge in [-0.25, -0.2) is 8.42 Å². The summed E-state index contributed by atoms with van der Waals surface area (Å²) in [5, 5.41) is 9.02. The molecular formula is C24H17ClN2O2S. The van der Waals surface area contributed by atoms with Gasteiger partial charge in [-0.15, -0.1) is 10.2 Å². The van der Waals surface area contributed by atoms with Crippen molar-refractivity contribution in [1.82, 2.24) is 0 Å². The number of hydrogen-bond acceptors (Lipinski definition) is 4. The lowest BCUT2D eigenvalue weighted by Crippen LogP contribution is -2.06. The number of hydrogen-bond donors (Lipinski definition) is 0. The van der Waals surface area contributed by atoms with Crippen LogP contribution in [0, 0.1) is 0 Å². The van der Waals surface area contributed by atoms with E-state index in [0.717, 1.165) is 5.56 Å². The summed E-state index contributed by atoms with van der Waals surface area (Å²) >= 11 is 6.47. The number of rotatable bonds is 4. The van der Waals surface area contributed by atoms with E-state index in [4.69, 9.17) is 11.6 Å². The maximum atomic E-state index is 13.4. The number of azo groups is 1. The summed E-state index contributed by atoms with van der Waals surface area (Å²) in [6.07, 6.45) is 3.05. The van der Waals surface area contributed by atoms with Crippen LogP contribution >= 0.6 is 11.6 Å². The Hall–Kier alpha value is -3.28. The molecule has 0 fully saturated rings. The molecule has 6 heteroatoms. The van der Waals surface area contributed by atoms with Crippen LogP contribution in [0.5, 0.6) is 0 Å². The zero-order chi connectivity index (χ0) is 21.0. The van der Waals surface area contributed by atoms with Crippen LogP contribution in [0.3, 0.4) is 0 Å². The molecular weight excluding hydrogens is 416 g/mol. The summed E-state index contributed by atoms with van der Waals surface area (Å²) in [6, 6.07) is 26.8. The second-order valence-corrected chi connectivity index (χ2v) is 8.82. The Labute approximate surface area is 180 Å². The third-order valence-corrected chi connectivity index (χ3v) is 6.63. The average molecular weight is 433 g/mol. The molecule has 4 rings (SSSR count). The van der Waals surface area contributed by atoms with Crippen LogP contribution in [0.15, 0.2) is 128 Å². The molecule has 0 bridgehead atoms. The van der Waals surface area contributed by atoms with Crippen LogP contribution in [-0.4, -0.2) is 8.42 Å². The molecule has 0 aromatic heterocycles. The molecule has 1 aliphatic heterocycles. The van der Waals surface area contributed by atoms with Crippen LogP contribution in [0.2, 0.25) is 0 Å². The number of halogens is 1. The van der Waals surface area contributed by atoms with Gasteiger partial charge < -0.3 is 0 Å². The normalized spacial score (nSPS) is 21.5. The predicted octanol–water partition coefficient (Wildman–Crippen LogP) is 6.46. The van der Waals surface area contributed by atoms with Crippen molar-refractivity contribution in [2.45, 2.75) is 4.90 Å². The molecule has 0 saturated carbocycles. The van der Waals surface area contributed by atoms with Crippen LogP contribution < -0.4 is 0 Å². The van der Waals surface area contributed by atoms with Gasteiger partial charge in [0.05, 0.1) is 14.8 Å². The first-order chi connectivity index (χ1) is 14.6. The second kappa shape index (κ2) is 8.61. The molecule has 1 aliphatic rings. The monoisotopic (exact) mass is 432 g/mol. The van der Waals surface area contributed by atoms with E-state index in [-0.39, 0.29) is 15.5 Å². The van der Waals surface area contributed by atoms with Gasteiger partial charge in [-0.05, 0) is 24.3 Å². The van der Waals surface area contributed by atoms with Crippen LogP contribution in [-0.2, 0) is 9.84 Å². The van der Waals surface area contributed by atoms with Gasteiger partial charge in [-0.3, -0.25) is 0 Å². The Morgan fingerprint density at radius 3 is 1.63 bits per heavy atom. The molecule has 4 nitrogen and oxygen atoms in total. The molecule has 0 radical (unpaired) electrons. The Morgan fingerprint density at radius 2 is 1.07 bits per heavy atom. The zero-order valence-corrected chi connectivity index (χ0v) is 17.4. The minimum Gasteiger partial charge on any atom is -0.218 e. The van der Waals surface area contributed by atoms with E-state index in [0.29, 0.717) is 16.3 Å². The third kappa shape index (κ3) is 4.03. The summed E-state index contributed by atoms with van der Waals surface area (Å²) < 4.78 is 26.8. The van der Waals surface area contributed by atoms with Crippen molar-refractivity contribution >= 4 is 32.8 Å². The Bertz CT molecular complexity index is 1280. The molecule has 1 heterocycles. The highest BCUT2D eigenvalue weighted by molar-refractivity contribution is 7.95. The fourth-order valence-electron chi connectivity index (χ4n) is 3.03. The molecule has 0 aliphatic carbocycles. The van der Waals surface area contributed by atoms with E-state index in [1.54, 1.807) is 48.5 Å². The molecule has 30 heavy (non-hydrogen) atoms. The Balaban J connectivity index is 1.93. The molecule has 0 spiro atoms. The van der Waals surface area contributed by atoms with Crippen LogP contribution in [0.25, 0.3) is 11.4 Å². The smallest absolute Gasteiger partial charge is 0.208 e. The molecule has 3 aromatic carbocycles. The first-order valence-corrected chi connectivity index (χ1v) is 11.1. The summed E-state index contributed by atoms with van der Waals surface area (Å²) in [6.45, 7) is 0. The third-order valence-electron chi connectivity index (χ3n) is 4.53. The standard InChI is InChI=1S/C24H17ClN2O2S/c25-21-16-17-22(30(28,29)20-14-8-3-9-15-20)24(19-12-6-2-7-13-19)27-26-23(21)18-10-4-1-5-11-18/h1-17H/b17-16-,21-16?,22-17?,23-21+,24-22+,26-23?,27-24?,27-26-. The maximum Gasteiger partial charge on any atom is 0.208 e. The molecule has 0 atom stereocenters. The van der Waals surface area contributed by atoms with Crippen molar-refractivity contribution in [3.05, 3.63) is 124 Å². The molecule has 0 unspecified atom stereocenters. The van der Waals surface area contributed by atoms with Gasteiger partial charge in [0.2, 0.25) is 9.84 Å². The van der Waals surface area contributed by atoms with Crippen molar-refractivity contribution in [2.75, 3.05) is 0 Å². The predicted molar refractivity (Wildman–Crippen MR) is 120 cm³/mol. The van der Waals surface area contributed by atoms with Gasteiger partial charge >= 0.3 is 0 Å². The topological polar surface area (TPSA) is 58.9 Å². The highest BCUT2D eigenvalue weighted by Gasteiger charge is 2.25. The molecule has 3 aromatic rings. The molecule has 148 valence electrons. The molecule has 0 saturated heterocycles. The first-order valence-electron chi connectivity index (χ1n) is 9.22. The summed E-state index contributed by atoms with van der Waals surface area (Å²) in [7, 11) is -3.85. The first kappa shape index (κ1) is 20.0. The lowest BCUT2D eigenvalue weighted by atomic mass is 10.1. The van der Waals surface area contributed by atoms with E-state index >= 15 is 0 Å². The van der Waals surface area contributed by atoms with E-state index < -0.39 is 9.84 Å². The van der Waals surface area contributed by atoms with Gasteiger partial charge in [0, 0.05) is 11.1 Å². The minimum atomic E-state index is -3.85. The minimum absolute atomic E-state index is 0.0360. The van der Waals surface area contributed by atoms with E-state index in [1.807, 2.05) is 48.5 Å². The van der Waals surface area contributed by atoms with Crippen LogP contribution in [0.4, 0.5) is 0 Å². The lowest BCUT2D eigenvalue weighted by molar-refractivity contribution is 0.603. The highest BCUT2D eigenvalue weighted by atomic mass is 35.5. The molecule has 0 amide bonds. The zero-order valence-electron chi connectivity index (χ0n) is 15.8. The van der Waals surface area contributed by atoms with Gasteiger partial charge in [-0.2, -0.15) is 0 Å². The van der Waals surface area contributed by atoms with E-state index in [9.17, 15) is 8.42 Å². The average Bonchev–Trinajstić information content (AvgIpc) is 2.78. The van der Waals surface area contributed by atoms with Gasteiger partial charge in [0.15, 0.2) is 0 Å². The quantitative estimate of drug-likeness (QED) is 0.475. The van der Waals surface area contributed by atoms with E-state index in [1.165, 1.54) is 6.08 Å². The SMILES string of the molecule is O=S(=O)(C1=C(c2ccccc2)/N=N\C(c2ccccc2)=C(Cl)/C=C\1)c1ccccc1. The summed E-state index contributed by atoms with van der Waals surface area (Å²) in [4.78, 5) is 0.214. The summed E-state index contributed by atoms with van der Waals surface area (Å²) in [5.74, 6) is 0. The largest absolute Gasteiger partial charge is 0.218 e. The lowest BCUT2D eigenvalue weighted by Gasteiger charge is -2.13. The van der Waals surface area contributed by atoms with Crippen molar-refractivity contribution in [3.8, 4) is 0 Å². The number of allylic oxidation sites excluding steroid dienone is 3. The van der Waals surface area contributed by atoms with Crippen molar-refractivity contribution < 1.29 is 8.42 Å². The van der Waals surface area contributed by atoms with Crippen molar-refractivity contribution in [3.63, 3.8) is 0 Å². The Morgan fingerprint density at radius 1 is 0.600 bits per heavy atom. The second-order valence-electron chi connectivity index (χ2n) is 6.49. The fraction of sp³-hybridized carbons (Fsp3) is 0. The van der Waals surface area contributed by atoms with E-state index in [2.05, 4.69) is 10.2 Å².